The van der Waals surface area contributed by atoms with Gasteiger partial charge in [-0.25, -0.2) is 9.97 Å². The maximum atomic E-state index is 5.38. The minimum absolute atomic E-state index is 0.696. The average molecular weight is 715 g/mol. The zero-order valence-electron chi connectivity index (χ0n) is 30.4. The summed E-state index contributed by atoms with van der Waals surface area (Å²) in [5.41, 5.74) is 15.2. The fraction of sp³-hybridized carbons (Fsp3) is 0. The maximum Gasteiger partial charge on any atom is 0.160 e. The molecule has 4 heteroatoms. The van der Waals surface area contributed by atoms with Crippen LogP contribution in [-0.4, -0.2) is 19.1 Å². The Morgan fingerprint density at radius 1 is 0.304 bits per heavy atom. The van der Waals surface area contributed by atoms with Crippen molar-refractivity contribution >= 4 is 43.7 Å². The van der Waals surface area contributed by atoms with Gasteiger partial charge in [-0.2, -0.15) is 0 Å². The molecule has 0 fully saturated rings. The molecular formula is C52H34N4. The summed E-state index contributed by atoms with van der Waals surface area (Å²) in [6, 6.07) is 73.1. The van der Waals surface area contributed by atoms with E-state index in [4.69, 9.17) is 9.97 Å². The van der Waals surface area contributed by atoms with E-state index in [0.29, 0.717) is 5.82 Å². The highest BCUT2D eigenvalue weighted by atomic mass is 15.0. The molecule has 0 saturated carbocycles. The first kappa shape index (κ1) is 31.9. The lowest BCUT2D eigenvalue weighted by Gasteiger charge is -2.13. The maximum absolute atomic E-state index is 5.38. The van der Waals surface area contributed by atoms with Gasteiger partial charge in [0.1, 0.15) is 5.52 Å². The number of hydrogen-bond donors (Lipinski definition) is 0. The molecule has 0 bridgehead atoms. The molecule has 0 radical (unpaired) electrons. The van der Waals surface area contributed by atoms with Crippen LogP contribution in [0.1, 0.15) is 0 Å². The van der Waals surface area contributed by atoms with Gasteiger partial charge in [0, 0.05) is 38.7 Å². The van der Waals surface area contributed by atoms with Gasteiger partial charge in [-0.3, -0.25) is 0 Å². The van der Waals surface area contributed by atoms with E-state index in [9.17, 15) is 0 Å². The van der Waals surface area contributed by atoms with Crippen LogP contribution in [-0.2, 0) is 0 Å². The molecule has 262 valence electrons. The molecule has 3 aromatic heterocycles. The predicted octanol–water partition coefficient (Wildman–Crippen LogP) is 13.3. The van der Waals surface area contributed by atoms with E-state index >= 15 is 0 Å². The normalized spacial score (nSPS) is 11.6. The van der Waals surface area contributed by atoms with Crippen LogP contribution >= 0.6 is 0 Å². The van der Waals surface area contributed by atoms with Crippen molar-refractivity contribution in [3.05, 3.63) is 206 Å². The largest absolute Gasteiger partial charge is 0.309 e. The summed E-state index contributed by atoms with van der Waals surface area (Å²) in [7, 11) is 0. The number of hydrogen-bond acceptors (Lipinski definition) is 2. The van der Waals surface area contributed by atoms with E-state index in [1.165, 1.54) is 32.9 Å². The second-order valence-electron chi connectivity index (χ2n) is 14.2. The number of para-hydroxylation sites is 3. The van der Waals surface area contributed by atoms with E-state index in [1.807, 2.05) is 0 Å². The van der Waals surface area contributed by atoms with Crippen molar-refractivity contribution < 1.29 is 0 Å². The number of aromatic nitrogens is 4. The van der Waals surface area contributed by atoms with Crippen LogP contribution in [0.25, 0.3) is 100 Å². The number of fused-ring (bicyclic) bond motifs is 6. The molecule has 0 spiro atoms. The lowest BCUT2D eigenvalue weighted by molar-refractivity contribution is 1.15. The first-order valence-electron chi connectivity index (χ1n) is 19.0. The minimum Gasteiger partial charge on any atom is -0.309 e. The van der Waals surface area contributed by atoms with Crippen molar-refractivity contribution in [3.63, 3.8) is 0 Å². The van der Waals surface area contributed by atoms with Crippen molar-refractivity contribution in [2.24, 2.45) is 0 Å². The van der Waals surface area contributed by atoms with E-state index in [2.05, 4.69) is 215 Å². The Morgan fingerprint density at radius 3 is 1.61 bits per heavy atom. The van der Waals surface area contributed by atoms with Crippen LogP contribution in [0.2, 0.25) is 0 Å². The molecule has 0 aliphatic rings. The van der Waals surface area contributed by atoms with E-state index in [1.54, 1.807) is 0 Å². The highest BCUT2D eigenvalue weighted by molar-refractivity contribution is 6.12. The smallest absolute Gasteiger partial charge is 0.160 e. The van der Waals surface area contributed by atoms with Crippen LogP contribution < -0.4 is 0 Å². The van der Waals surface area contributed by atoms with Gasteiger partial charge in [0.2, 0.25) is 0 Å². The molecular weight excluding hydrogens is 681 g/mol. The summed E-state index contributed by atoms with van der Waals surface area (Å²) in [6.07, 6.45) is 0. The topological polar surface area (TPSA) is 35.6 Å². The molecule has 0 saturated heterocycles. The van der Waals surface area contributed by atoms with Gasteiger partial charge in [-0.15, -0.1) is 0 Å². The molecule has 0 N–H and O–H groups in total. The molecule has 56 heavy (non-hydrogen) atoms. The van der Waals surface area contributed by atoms with Crippen molar-refractivity contribution in [1.29, 1.82) is 0 Å². The first-order valence-corrected chi connectivity index (χ1v) is 19.0. The van der Waals surface area contributed by atoms with Gasteiger partial charge < -0.3 is 9.13 Å². The Bertz CT molecular complexity index is 3230. The Labute approximate surface area is 324 Å². The molecule has 0 unspecified atom stereocenters. The molecule has 0 aliphatic heterocycles. The molecule has 0 aliphatic carbocycles. The summed E-state index contributed by atoms with van der Waals surface area (Å²) in [6.45, 7) is 0. The van der Waals surface area contributed by atoms with Gasteiger partial charge in [0.15, 0.2) is 5.82 Å². The third-order valence-electron chi connectivity index (χ3n) is 10.9. The fourth-order valence-electron chi connectivity index (χ4n) is 8.34. The van der Waals surface area contributed by atoms with E-state index < -0.39 is 0 Å². The second-order valence-corrected chi connectivity index (χ2v) is 14.2. The second kappa shape index (κ2) is 13.1. The summed E-state index contributed by atoms with van der Waals surface area (Å²) >= 11 is 0. The Hall–Kier alpha value is -7.56. The van der Waals surface area contributed by atoms with Crippen LogP contribution in [0, 0.1) is 0 Å². The van der Waals surface area contributed by atoms with Gasteiger partial charge >= 0.3 is 0 Å². The van der Waals surface area contributed by atoms with Crippen LogP contribution in [0.15, 0.2) is 206 Å². The predicted molar refractivity (Wildman–Crippen MR) is 232 cm³/mol. The van der Waals surface area contributed by atoms with Gasteiger partial charge in [-0.05, 0) is 76.9 Å². The fourth-order valence-corrected chi connectivity index (χ4v) is 8.34. The number of benzene rings is 8. The summed E-state index contributed by atoms with van der Waals surface area (Å²) in [5.74, 6) is 0.696. The first-order chi connectivity index (χ1) is 27.8. The Balaban J connectivity index is 1.07. The lowest BCUT2D eigenvalue weighted by atomic mass is 10.0. The molecule has 0 atom stereocenters. The third-order valence-corrected chi connectivity index (χ3v) is 10.9. The average Bonchev–Trinajstić information content (AvgIpc) is 3.80. The van der Waals surface area contributed by atoms with Crippen LogP contribution in [0.3, 0.4) is 0 Å². The monoisotopic (exact) mass is 714 g/mol. The van der Waals surface area contributed by atoms with Gasteiger partial charge in [0.25, 0.3) is 0 Å². The summed E-state index contributed by atoms with van der Waals surface area (Å²) < 4.78 is 4.69. The van der Waals surface area contributed by atoms with Crippen molar-refractivity contribution in [1.82, 2.24) is 19.1 Å². The molecule has 11 aromatic rings. The van der Waals surface area contributed by atoms with Crippen molar-refractivity contribution in [2.75, 3.05) is 0 Å². The molecule has 4 nitrogen and oxygen atoms in total. The molecule has 0 amide bonds. The zero-order valence-corrected chi connectivity index (χ0v) is 30.4. The summed E-state index contributed by atoms with van der Waals surface area (Å²) in [5, 5.41) is 3.57. The van der Waals surface area contributed by atoms with Crippen molar-refractivity contribution in [2.45, 2.75) is 0 Å². The van der Waals surface area contributed by atoms with Crippen LogP contribution in [0.5, 0.6) is 0 Å². The quantitative estimate of drug-likeness (QED) is 0.172. The Morgan fingerprint density at radius 2 is 0.839 bits per heavy atom. The highest BCUT2D eigenvalue weighted by Gasteiger charge is 2.21. The van der Waals surface area contributed by atoms with Crippen molar-refractivity contribution in [3.8, 4) is 56.3 Å². The molecule has 3 heterocycles. The minimum atomic E-state index is 0.696. The van der Waals surface area contributed by atoms with Gasteiger partial charge in [-0.1, -0.05) is 152 Å². The zero-order chi connectivity index (χ0) is 37.0. The van der Waals surface area contributed by atoms with Gasteiger partial charge in [0.05, 0.1) is 27.8 Å². The SMILES string of the molecule is c1ccc(-c2ccc3c(c2)c2ccccc2n3-c2cccc(-c3cccc(-c4nc(-c5ccccc5)c5c(n4)c4ccccc4n5-c4ccccc4)c3)c2)cc1. The third kappa shape index (κ3) is 5.23. The van der Waals surface area contributed by atoms with Crippen LogP contribution in [0.4, 0.5) is 0 Å². The molecule has 11 rings (SSSR count). The lowest BCUT2D eigenvalue weighted by Crippen LogP contribution is -1.99. The molecule has 8 aromatic carbocycles. The summed E-state index contributed by atoms with van der Waals surface area (Å²) in [4.78, 5) is 10.7. The Kier molecular flexibility index (Phi) is 7.46. The number of rotatable bonds is 6. The highest BCUT2D eigenvalue weighted by Crippen LogP contribution is 2.39. The van der Waals surface area contributed by atoms with E-state index in [0.717, 1.165) is 61.3 Å². The van der Waals surface area contributed by atoms with E-state index in [-0.39, 0.29) is 0 Å². The number of nitrogens with zero attached hydrogens (tertiary/aromatic N) is 4. The standard InChI is InChI=1S/C52H34N4/c1-4-16-35(17-5-1)39-30-31-48-45(34-39)43-26-10-12-28-46(43)55(48)42-25-15-21-38(33-42)37-20-14-22-40(32-37)52-53-49(36-18-6-2-7-19-36)51-50(54-52)44-27-11-13-29-47(44)56(51)41-23-8-3-9-24-41/h1-34H.